The predicted molar refractivity (Wildman–Crippen MR) is 115 cm³/mol. The fourth-order valence-electron chi connectivity index (χ4n) is 3.31. The number of carboxylic acids is 1. The smallest absolute Gasteiger partial charge is 0.327 e. The van der Waals surface area contributed by atoms with Crippen molar-refractivity contribution < 1.29 is 29.6 Å². The van der Waals surface area contributed by atoms with Crippen LogP contribution in [0.2, 0.25) is 0 Å². The number of benzene rings is 2. The summed E-state index contributed by atoms with van der Waals surface area (Å²) in [5.74, 6) is -1.57. The van der Waals surface area contributed by atoms with Crippen LogP contribution in [0, 0.1) is 40.5 Å². The highest BCUT2D eigenvalue weighted by Gasteiger charge is 2.37. The van der Waals surface area contributed by atoms with Gasteiger partial charge in [0.1, 0.15) is 17.4 Å². The zero-order valence-electron chi connectivity index (χ0n) is 17.2. The van der Waals surface area contributed by atoms with Gasteiger partial charge in [-0.1, -0.05) is 0 Å². The summed E-state index contributed by atoms with van der Waals surface area (Å²) < 4.78 is 0. The topological polar surface area (TPSA) is 242 Å². The normalized spacial score (nSPS) is 11.4. The van der Waals surface area contributed by atoms with Gasteiger partial charge in [-0.25, -0.2) is 9.78 Å². The van der Waals surface area contributed by atoms with Gasteiger partial charge in [0.2, 0.25) is 0 Å². The van der Waals surface area contributed by atoms with Crippen molar-refractivity contribution in [1.82, 2.24) is 9.97 Å². The van der Waals surface area contributed by atoms with Gasteiger partial charge in [-0.15, -0.1) is 0 Å². The molecule has 1 heterocycles. The lowest BCUT2D eigenvalue weighted by molar-refractivity contribution is -0.393. The average molecular weight is 487 g/mol. The van der Waals surface area contributed by atoms with Gasteiger partial charge in [0.05, 0.1) is 38.2 Å². The molecule has 0 saturated heterocycles. The number of carboxylic acid groups (broad SMARTS) is 1. The van der Waals surface area contributed by atoms with E-state index < -0.39 is 72.2 Å². The SMILES string of the molecule is O=C(O)C(Cc1cnc[nH]1)N(c1ccc([N+](=O)[O-])cc1[N+](=O)[O-])c1ccc([N+](=O)[O-])cc1[N+](=O)[O-]. The molecule has 0 amide bonds. The fraction of sp³-hybridized carbons (Fsp3) is 0.111. The third-order valence-corrected chi connectivity index (χ3v) is 4.82. The van der Waals surface area contributed by atoms with Gasteiger partial charge in [-0.05, 0) is 12.1 Å². The van der Waals surface area contributed by atoms with Crippen molar-refractivity contribution in [3.05, 3.63) is 95.1 Å². The largest absolute Gasteiger partial charge is 0.480 e. The summed E-state index contributed by atoms with van der Waals surface area (Å²) in [7, 11) is 0. The maximum atomic E-state index is 12.3. The van der Waals surface area contributed by atoms with Gasteiger partial charge in [0.25, 0.3) is 22.7 Å². The van der Waals surface area contributed by atoms with Crippen molar-refractivity contribution in [3.63, 3.8) is 0 Å². The first-order chi connectivity index (χ1) is 16.5. The summed E-state index contributed by atoms with van der Waals surface area (Å²) in [6.07, 6.45) is 2.11. The molecule has 0 saturated carbocycles. The molecular weight excluding hydrogens is 474 g/mol. The molecule has 0 spiro atoms. The number of hydrogen-bond acceptors (Lipinski definition) is 11. The minimum absolute atomic E-state index is 0.247. The fourth-order valence-corrected chi connectivity index (χ4v) is 3.31. The minimum Gasteiger partial charge on any atom is -0.480 e. The summed E-state index contributed by atoms with van der Waals surface area (Å²) in [4.78, 5) is 61.4. The molecule has 2 N–H and O–H groups in total. The number of non-ortho nitro benzene ring substituents is 2. The maximum absolute atomic E-state index is 12.3. The molecular formula is C18H13N7O10. The number of anilines is 2. The standard InChI is InChI=1S/C18H13N7O10/c26-18(27)17(5-10-8-19-9-20-10)21(13-3-1-11(22(28)29)6-15(13)24(32)33)14-4-2-12(23(30)31)7-16(14)25(34)35/h1-4,6-9,17H,5H2,(H,19,20)(H,26,27). The zero-order valence-corrected chi connectivity index (χ0v) is 17.2. The molecule has 17 heteroatoms. The molecule has 1 atom stereocenters. The van der Waals surface area contributed by atoms with Gasteiger partial charge in [-0.2, -0.15) is 0 Å². The van der Waals surface area contributed by atoms with Crippen molar-refractivity contribution in [1.29, 1.82) is 0 Å². The first kappa shape index (κ1) is 24.2. The Hall–Kier alpha value is -5.48. The molecule has 0 aliphatic heterocycles. The van der Waals surface area contributed by atoms with Crippen LogP contribution in [-0.4, -0.2) is 46.8 Å². The number of aromatic nitrogens is 2. The molecule has 180 valence electrons. The van der Waals surface area contributed by atoms with Gasteiger partial charge in [0, 0.05) is 30.4 Å². The molecule has 17 nitrogen and oxygen atoms in total. The van der Waals surface area contributed by atoms with E-state index in [9.17, 15) is 50.4 Å². The highest BCUT2D eigenvalue weighted by atomic mass is 16.6. The number of nitro groups is 4. The molecule has 1 unspecified atom stereocenters. The Labute approximate surface area is 192 Å². The number of hydrogen-bond donors (Lipinski definition) is 2. The Morgan fingerprint density at radius 3 is 1.71 bits per heavy atom. The van der Waals surface area contributed by atoms with E-state index in [-0.39, 0.29) is 5.69 Å². The van der Waals surface area contributed by atoms with Crippen LogP contribution in [0.4, 0.5) is 34.1 Å². The van der Waals surface area contributed by atoms with E-state index >= 15 is 0 Å². The maximum Gasteiger partial charge on any atom is 0.327 e. The monoisotopic (exact) mass is 487 g/mol. The van der Waals surface area contributed by atoms with Gasteiger partial charge >= 0.3 is 5.97 Å². The Balaban J connectivity index is 2.36. The van der Waals surface area contributed by atoms with Crippen LogP contribution >= 0.6 is 0 Å². The molecule has 0 bridgehead atoms. The summed E-state index contributed by atoms with van der Waals surface area (Å²) in [5, 5.41) is 55.8. The van der Waals surface area contributed by atoms with E-state index in [0.717, 1.165) is 29.2 Å². The van der Waals surface area contributed by atoms with Gasteiger partial charge in [0.15, 0.2) is 0 Å². The molecule has 35 heavy (non-hydrogen) atoms. The van der Waals surface area contributed by atoms with Crippen LogP contribution in [0.1, 0.15) is 5.69 Å². The number of carbonyl (C=O) groups is 1. The quantitative estimate of drug-likeness (QED) is 0.310. The first-order valence-corrected chi connectivity index (χ1v) is 9.36. The third kappa shape index (κ3) is 4.97. The van der Waals surface area contributed by atoms with Crippen LogP contribution in [0.25, 0.3) is 0 Å². The van der Waals surface area contributed by atoms with Gasteiger partial charge in [-0.3, -0.25) is 40.5 Å². The minimum atomic E-state index is -1.74. The highest BCUT2D eigenvalue weighted by molar-refractivity contribution is 5.88. The number of nitrogens with one attached hydrogen (secondary N) is 1. The number of nitro benzene ring substituents is 4. The summed E-state index contributed by atoms with van der Waals surface area (Å²) >= 11 is 0. The zero-order chi connectivity index (χ0) is 25.9. The van der Waals surface area contributed by atoms with Crippen molar-refractivity contribution in [2.24, 2.45) is 0 Å². The second-order valence-corrected chi connectivity index (χ2v) is 6.88. The van der Waals surface area contributed by atoms with Crippen molar-refractivity contribution in [2.75, 3.05) is 4.90 Å². The summed E-state index contributed by atoms with van der Waals surface area (Å²) in [5.41, 5.74) is -3.99. The van der Waals surface area contributed by atoms with Crippen molar-refractivity contribution in [3.8, 4) is 0 Å². The predicted octanol–water partition coefficient (Wildman–Crippen LogP) is 2.88. The van der Waals surface area contributed by atoms with E-state index in [1.807, 2.05) is 0 Å². The average Bonchev–Trinajstić information content (AvgIpc) is 3.31. The highest BCUT2D eigenvalue weighted by Crippen LogP contribution is 2.43. The molecule has 2 aromatic carbocycles. The number of H-pyrrole nitrogens is 1. The van der Waals surface area contributed by atoms with Crippen LogP contribution in [0.3, 0.4) is 0 Å². The molecule has 1 aromatic heterocycles. The number of rotatable bonds is 10. The Morgan fingerprint density at radius 1 is 0.886 bits per heavy atom. The number of aromatic amines is 1. The van der Waals surface area contributed by atoms with Gasteiger partial charge < -0.3 is 15.0 Å². The second kappa shape index (κ2) is 9.57. The number of nitrogens with zero attached hydrogens (tertiary/aromatic N) is 6. The molecule has 0 fully saturated rings. The van der Waals surface area contributed by atoms with Crippen LogP contribution in [-0.2, 0) is 11.2 Å². The first-order valence-electron chi connectivity index (χ1n) is 9.36. The van der Waals surface area contributed by atoms with Crippen molar-refractivity contribution in [2.45, 2.75) is 12.5 Å². The van der Waals surface area contributed by atoms with E-state index in [1.165, 1.54) is 12.5 Å². The summed E-state index contributed by atoms with van der Waals surface area (Å²) in [6, 6.07) is 2.90. The molecule has 0 aliphatic rings. The lowest BCUT2D eigenvalue weighted by Crippen LogP contribution is -2.40. The molecule has 0 radical (unpaired) electrons. The molecule has 0 aliphatic carbocycles. The van der Waals surface area contributed by atoms with E-state index in [1.54, 1.807) is 0 Å². The molecule has 3 rings (SSSR count). The third-order valence-electron chi connectivity index (χ3n) is 4.82. The van der Waals surface area contributed by atoms with Crippen LogP contribution in [0.5, 0.6) is 0 Å². The second-order valence-electron chi connectivity index (χ2n) is 6.88. The summed E-state index contributed by atoms with van der Waals surface area (Å²) in [6.45, 7) is 0. The Kier molecular flexibility index (Phi) is 6.60. The molecule has 3 aromatic rings. The number of aliphatic carboxylic acids is 1. The van der Waals surface area contributed by atoms with E-state index in [4.69, 9.17) is 0 Å². The lowest BCUT2D eigenvalue weighted by Gasteiger charge is -2.30. The Morgan fingerprint density at radius 2 is 1.37 bits per heavy atom. The Bertz CT molecular complexity index is 1270. The van der Waals surface area contributed by atoms with E-state index in [2.05, 4.69) is 9.97 Å². The van der Waals surface area contributed by atoms with E-state index in [0.29, 0.717) is 12.1 Å². The lowest BCUT2D eigenvalue weighted by atomic mass is 10.1. The van der Waals surface area contributed by atoms with Crippen molar-refractivity contribution >= 4 is 40.1 Å². The van der Waals surface area contributed by atoms with Crippen LogP contribution < -0.4 is 4.90 Å². The number of imidazole rings is 1. The van der Waals surface area contributed by atoms with Crippen LogP contribution in [0.15, 0.2) is 48.9 Å².